The second kappa shape index (κ2) is 14.6. The van der Waals surface area contributed by atoms with Gasteiger partial charge < -0.3 is 28.8 Å². The van der Waals surface area contributed by atoms with E-state index in [2.05, 4.69) is 20.7 Å². The summed E-state index contributed by atoms with van der Waals surface area (Å²) >= 11 is 0. The topological polar surface area (TPSA) is 134 Å². The fourth-order valence-electron chi connectivity index (χ4n) is 5.04. The van der Waals surface area contributed by atoms with Gasteiger partial charge in [-0.05, 0) is 68.7 Å². The minimum Gasteiger partial charge on any atom is -0.493 e. The molecule has 1 N–H and O–H groups in total. The molecule has 12 heteroatoms. The molecule has 3 aromatic rings. The second-order valence-corrected chi connectivity index (χ2v) is 10.0. The Hall–Kier alpha value is -3.93. The second-order valence-electron chi connectivity index (χ2n) is 10.0. The van der Waals surface area contributed by atoms with Crippen LogP contribution in [0, 0.1) is 6.92 Å². The predicted molar refractivity (Wildman–Crippen MR) is 150 cm³/mol. The molecule has 1 aliphatic carbocycles. The van der Waals surface area contributed by atoms with Crippen molar-refractivity contribution in [1.29, 1.82) is 0 Å². The zero-order valence-corrected chi connectivity index (χ0v) is 24.3. The van der Waals surface area contributed by atoms with Crippen LogP contribution in [-0.4, -0.2) is 76.9 Å². The summed E-state index contributed by atoms with van der Waals surface area (Å²) in [5.41, 5.74) is 0.658. The third-order valence-electron chi connectivity index (χ3n) is 7.13. The van der Waals surface area contributed by atoms with Gasteiger partial charge in [0.15, 0.2) is 17.5 Å². The Labute approximate surface area is 240 Å². The van der Waals surface area contributed by atoms with Crippen molar-refractivity contribution in [2.75, 3.05) is 34.0 Å². The van der Waals surface area contributed by atoms with Crippen LogP contribution in [-0.2, 0) is 20.9 Å². The lowest BCUT2D eigenvalue weighted by Crippen LogP contribution is -2.48. The maximum atomic E-state index is 13.8. The maximum absolute atomic E-state index is 13.8. The lowest BCUT2D eigenvalue weighted by Gasteiger charge is -2.32. The fourth-order valence-corrected chi connectivity index (χ4v) is 5.04. The number of carbonyl (C=O) groups is 2. The van der Waals surface area contributed by atoms with E-state index in [1.165, 1.54) is 16.1 Å². The van der Waals surface area contributed by atoms with Crippen molar-refractivity contribution in [1.82, 2.24) is 30.4 Å². The van der Waals surface area contributed by atoms with Gasteiger partial charge in [0.25, 0.3) is 5.91 Å². The van der Waals surface area contributed by atoms with Crippen LogP contribution in [0.25, 0.3) is 11.4 Å². The maximum Gasteiger partial charge on any atom is 0.250 e. The van der Waals surface area contributed by atoms with Crippen molar-refractivity contribution < 1.29 is 28.2 Å². The van der Waals surface area contributed by atoms with E-state index in [4.69, 9.17) is 18.6 Å². The number of nitrogens with zero attached hydrogens (tertiary/aromatic N) is 5. The molecule has 41 heavy (non-hydrogen) atoms. The zero-order chi connectivity index (χ0) is 29.2. The molecule has 0 aliphatic heterocycles. The molecule has 222 valence electrons. The van der Waals surface area contributed by atoms with Crippen molar-refractivity contribution in [3.8, 4) is 22.9 Å². The molecular formula is C29H40N6O6. The summed E-state index contributed by atoms with van der Waals surface area (Å²) in [5, 5.41) is 15.8. The number of tetrazole rings is 1. The number of carbonyl (C=O) groups excluding carboxylic acids is 2. The van der Waals surface area contributed by atoms with E-state index in [1.807, 2.05) is 13.8 Å². The Morgan fingerprint density at radius 2 is 1.90 bits per heavy atom. The standard InChI is InChI=1S/C29H40N6O6/c1-5-40-17-9-16-34(27(24-14-12-20(2)41-24)29(37)30-22-10-7-6-8-11-22)26(36)19-35-32-28(31-33-35)21-13-15-23(38-3)25(18-21)39-4/h12-15,18,22,27H,5-11,16-17,19H2,1-4H3,(H,30,37)/t27-/m1/s1. The Morgan fingerprint density at radius 1 is 1.12 bits per heavy atom. The number of hydrogen-bond donors (Lipinski definition) is 1. The third-order valence-corrected chi connectivity index (χ3v) is 7.13. The first-order valence-electron chi connectivity index (χ1n) is 14.2. The lowest BCUT2D eigenvalue weighted by molar-refractivity contribution is -0.143. The van der Waals surface area contributed by atoms with Gasteiger partial charge in [-0.15, -0.1) is 10.2 Å². The van der Waals surface area contributed by atoms with Gasteiger partial charge >= 0.3 is 0 Å². The Balaban J connectivity index is 1.57. The number of hydrogen-bond acceptors (Lipinski definition) is 9. The fraction of sp³-hybridized carbons (Fsp3) is 0.552. The monoisotopic (exact) mass is 568 g/mol. The molecule has 4 rings (SSSR count). The number of aryl methyl sites for hydroxylation is 1. The van der Waals surface area contributed by atoms with Gasteiger partial charge in [-0.3, -0.25) is 9.59 Å². The molecule has 1 aromatic carbocycles. The van der Waals surface area contributed by atoms with Crippen LogP contribution in [0.5, 0.6) is 11.5 Å². The molecule has 0 bridgehead atoms. The number of furan rings is 1. The van der Waals surface area contributed by atoms with E-state index >= 15 is 0 Å². The first-order chi connectivity index (χ1) is 19.9. The molecule has 0 radical (unpaired) electrons. The largest absolute Gasteiger partial charge is 0.493 e. The molecule has 2 heterocycles. The minimum absolute atomic E-state index is 0.0798. The van der Waals surface area contributed by atoms with Gasteiger partial charge in [0.2, 0.25) is 11.7 Å². The van der Waals surface area contributed by atoms with E-state index in [0.29, 0.717) is 60.6 Å². The average molecular weight is 569 g/mol. The van der Waals surface area contributed by atoms with Gasteiger partial charge in [0.1, 0.15) is 18.1 Å². The van der Waals surface area contributed by atoms with Crippen molar-refractivity contribution in [2.45, 2.75) is 71.0 Å². The summed E-state index contributed by atoms with van der Waals surface area (Å²) in [4.78, 5) is 30.3. The molecule has 1 aliphatic rings. The van der Waals surface area contributed by atoms with Crippen molar-refractivity contribution >= 4 is 11.8 Å². The van der Waals surface area contributed by atoms with Crippen molar-refractivity contribution in [2.24, 2.45) is 0 Å². The highest BCUT2D eigenvalue weighted by Gasteiger charge is 2.35. The lowest BCUT2D eigenvalue weighted by atomic mass is 9.95. The number of aromatic nitrogens is 4. The minimum atomic E-state index is -0.936. The van der Waals surface area contributed by atoms with E-state index < -0.39 is 6.04 Å². The Kier molecular flexibility index (Phi) is 10.7. The summed E-state index contributed by atoms with van der Waals surface area (Å²) in [6.45, 7) is 4.84. The van der Waals surface area contributed by atoms with Crippen LogP contribution in [0.4, 0.5) is 0 Å². The van der Waals surface area contributed by atoms with Crippen LogP contribution in [0.15, 0.2) is 34.7 Å². The summed E-state index contributed by atoms with van der Waals surface area (Å²) < 4.78 is 22.1. The number of amides is 2. The summed E-state index contributed by atoms with van der Waals surface area (Å²) in [6.07, 6.45) is 5.73. The molecule has 0 unspecified atom stereocenters. The third kappa shape index (κ3) is 7.84. The van der Waals surface area contributed by atoms with E-state index in [-0.39, 0.29) is 24.4 Å². The number of benzene rings is 1. The molecule has 2 aromatic heterocycles. The zero-order valence-electron chi connectivity index (χ0n) is 24.3. The highest BCUT2D eigenvalue weighted by atomic mass is 16.5. The van der Waals surface area contributed by atoms with E-state index in [1.54, 1.807) is 44.6 Å². The average Bonchev–Trinajstić information content (AvgIpc) is 3.63. The van der Waals surface area contributed by atoms with Crippen LogP contribution in [0.3, 0.4) is 0 Å². The highest BCUT2D eigenvalue weighted by molar-refractivity contribution is 5.88. The van der Waals surface area contributed by atoms with Gasteiger partial charge in [-0.2, -0.15) is 4.80 Å². The molecule has 2 amide bonds. The molecule has 1 saturated carbocycles. The number of methoxy groups -OCH3 is 2. The SMILES string of the molecule is CCOCCCN(C(=O)Cn1nnc(-c2ccc(OC)c(OC)c2)n1)[C@@H](C(=O)NC1CCCCC1)c1ccc(C)o1. The molecular weight excluding hydrogens is 528 g/mol. The summed E-state index contributed by atoms with van der Waals surface area (Å²) in [6, 6.07) is 7.98. The number of rotatable bonds is 14. The van der Waals surface area contributed by atoms with E-state index in [9.17, 15) is 9.59 Å². The molecule has 0 saturated heterocycles. The van der Waals surface area contributed by atoms with Crippen LogP contribution in [0.1, 0.15) is 63.0 Å². The highest BCUT2D eigenvalue weighted by Crippen LogP contribution is 2.31. The van der Waals surface area contributed by atoms with E-state index in [0.717, 1.165) is 25.7 Å². The quantitative estimate of drug-likeness (QED) is 0.289. The van der Waals surface area contributed by atoms with Gasteiger partial charge in [0, 0.05) is 31.4 Å². The van der Waals surface area contributed by atoms with Gasteiger partial charge in [-0.1, -0.05) is 19.3 Å². The van der Waals surface area contributed by atoms with Crippen LogP contribution >= 0.6 is 0 Å². The Bertz CT molecular complexity index is 1280. The smallest absolute Gasteiger partial charge is 0.250 e. The first-order valence-corrected chi connectivity index (χ1v) is 14.2. The molecule has 0 spiro atoms. The summed E-state index contributed by atoms with van der Waals surface area (Å²) in [7, 11) is 3.11. The van der Waals surface area contributed by atoms with Gasteiger partial charge in [0.05, 0.1) is 14.2 Å². The van der Waals surface area contributed by atoms with Crippen molar-refractivity contribution in [3.05, 3.63) is 41.9 Å². The first kappa shape index (κ1) is 30.0. The molecule has 1 fully saturated rings. The number of nitrogens with one attached hydrogen (secondary N) is 1. The van der Waals surface area contributed by atoms with Gasteiger partial charge in [-0.25, -0.2) is 0 Å². The van der Waals surface area contributed by atoms with Crippen molar-refractivity contribution in [3.63, 3.8) is 0 Å². The van der Waals surface area contributed by atoms with Crippen LogP contribution < -0.4 is 14.8 Å². The number of ether oxygens (including phenoxy) is 3. The molecule has 1 atom stereocenters. The summed E-state index contributed by atoms with van der Waals surface area (Å²) in [5.74, 6) is 1.91. The molecule has 12 nitrogen and oxygen atoms in total. The Morgan fingerprint density at radius 3 is 2.59 bits per heavy atom. The normalized spacial score (nSPS) is 14.4. The van der Waals surface area contributed by atoms with Crippen LogP contribution in [0.2, 0.25) is 0 Å². The predicted octanol–water partition coefficient (Wildman–Crippen LogP) is 3.70.